The molecule has 1 aliphatic rings. The number of ether oxygens (including phenoxy) is 1. The zero-order valence-corrected chi connectivity index (χ0v) is 17.2. The van der Waals surface area contributed by atoms with Crippen LogP contribution in [0, 0.1) is 19.8 Å². The third-order valence-corrected chi connectivity index (χ3v) is 5.08. The second-order valence-corrected chi connectivity index (χ2v) is 7.47. The first-order chi connectivity index (χ1) is 14.3. The van der Waals surface area contributed by atoms with Gasteiger partial charge in [-0.2, -0.15) is 0 Å². The average molecular weight is 408 g/mol. The van der Waals surface area contributed by atoms with Crippen molar-refractivity contribution >= 4 is 23.6 Å². The van der Waals surface area contributed by atoms with E-state index in [9.17, 15) is 19.2 Å². The van der Waals surface area contributed by atoms with Crippen LogP contribution in [0.15, 0.2) is 48.5 Å². The van der Waals surface area contributed by atoms with Gasteiger partial charge in [-0.3, -0.25) is 29.6 Å². The minimum absolute atomic E-state index is 0.000724. The molecule has 30 heavy (non-hydrogen) atoms. The standard InChI is InChI=1S/C23H24N2O5/c1-14-8-10-17(11-9-14)21(27)16(3)30-23(29)18-12-20(26)25(13-18)24-22(28)19-7-5-4-6-15(19)2/h4-11,16,18H,12-13H2,1-3H3,(H,24,28)/t16-,18-/m1/s1. The van der Waals surface area contributed by atoms with Crippen molar-refractivity contribution < 1.29 is 23.9 Å². The van der Waals surface area contributed by atoms with Gasteiger partial charge in [-0.1, -0.05) is 48.0 Å². The summed E-state index contributed by atoms with van der Waals surface area (Å²) in [6.07, 6.45) is -1.05. The number of ketones is 1. The van der Waals surface area contributed by atoms with Gasteiger partial charge in [0.15, 0.2) is 6.10 Å². The van der Waals surface area contributed by atoms with E-state index >= 15 is 0 Å². The molecule has 3 rings (SSSR count). The third-order valence-electron chi connectivity index (χ3n) is 5.08. The van der Waals surface area contributed by atoms with Crippen LogP contribution in [0.3, 0.4) is 0 Å². The first kappa shape index (κ1) is 21.2. The van der Waals surface area contributed by atoms with E-state index in [1.807, 2.05) is 25.1 Å². The molecule has 0 saturated carbocycles. The number of aryl methyl sites for hydroxylation is 2. The van der Waals surface area contributed by atoms with Crippen LogP contribution in [0.2, 0.25) is 0 Å². The maximum atomic E-state index is 12.5. The molecule has 1 aliphatic heterocycles. The molecule has 1 fully saturated rings. The summed E-state index contributed by atoms with van der Waals surface area (Å²) in [5.41, 5.74) is 5.26. The van der Waals surface area contributed by atoms with Crippen LogP contribution in [0.4, 0.5) is 0 Å². The summed E-state index contributed by atoms with van der Waals surface area (Å²) in [5, 5.41) is 1.13. The lowest BCUT2D eigenvalue weighted by molar-refractivity contribution is -0.151. The van der Waals surface area contributed by atoms with Crippen LogP contribution >= 0.6 is 0 Å². The van der Waals surface area contributed by atoms with Crippen LogP contribution in [-0.2, 0) is 14.3 Å². The maximum absolute atomic E-state index is 12.5. The topological polar surface area (TPSA) is 92.8 Å². The number of nitrogens with zero attached hydrogens (tertiary/aromatic N) is 1. The zero-order chi connectivity index (χ0) is 21.8. The van der Waals surface area contributed by atoms with E-state index in [2.05, 4.69) is 5.43 Å². The van der Waals surface area contributed by atoms with Gasteiger partial charge in [-0.25, -0.2) is 0 Å². The van der Waals surface area contributed by atoms with Gasteiger partial charge in [0.05, 0.1) is 12.5 Å². The number of carbonyl (C=O) groups is 4. The minimum Gasteiger partial charge on any atom is -0.454 e. The van der Waals surface area contributed by atoms with Crippen molar-refractivity contribution in [3.05, 3.63) is 70.8 Å². The normalized spacial score (nSPS) is 16.8. The van der Waals surface area contributed by atoms with Gasteiger partial charge in [0, 0.05) is 17.5 Å². The Balaban J connectivity index is 1.58. The highest BCUT2D eigenvalue weighted by Gasteiger charge is 2.37. The largest absolute Gasteiger partial charge is 0.454 e. The van der Waals surface area contributed by atoms with E-state index in [4.69, 9.17) is 4.74 Å². The number of hydrazine groups is 1. The Kier molecular flexibility index (Phi) is 6.30. The van der Waals surface area contributed by atoms with Crippen LogP contribution < -0.4 is 5.43 Å². The van der Waals surface area contributed by atoms with Crippen molar-refractivity contribution in [2.24, 2.45) is 5.92 Å². The smallest absolute Gasteiger partial charge is 0.312 e. The number of rotatable bonds is 6. The highest BCUT2D eigenvalue weighted by Crippen LogP contribution is 2.20. The summed E-state index contributed by atoms with van der Waals surface area (Å²) in [5.74, 6) is -2.49. The van der Waals surface area contributed by atoms with Gasteiger partial charge in [0.2, 0.25) is 11.7 Å². The molecular weight excluding hydrogens is 384 g/mol. The highest BCUT2D eigenvalue weighted by molar-refractivity contribution is 6.01. The van der Waals surface area contributed by atoms with Gasteiger partial charge >= 0.3 is 5.97 Å². The van der Waals surface area contributed by atoms with Crippen molar-refractivity contribution in [2.75, 3.05) is 6.54 Å². The number of Topliss-reactive ketones (excluding diaryl/α,β-unsaturated/α-hetero) is 1. The summed E-state index contributed by atoms with van der Waals surface area (Å²) in [4.78, 5) is 49.6. The molecule has 1 saturated heterocycles. The molecule has 0 spiro atoms. The van der Waals surface area contributed by atoms with Crippen LogP contribution in [0.5, 0.6) is 0 Å². The molecule has 0 bridgehead atoms. The van der Waals surface area contributed by atoms with Crippen molar-refractivity contribution in [3.63, 3.8) is 0 Å². The summed E-state index contributed by atoms with van der Waals surface area (Å²) < 4.78 is 5.31. The van der Waals surface area contributed by atoms with E-state index in [1.165, 1.54) is 6.92 Å². The second-order valence-electron chi connectivity index (χ2n) is 7.47. The molecule has 7 heteroatoms. The quantitative estimate of drug-likeness (QED) is 0.586. The van der Waals surface area contributed by atoms with E-state index in [1.54, 1.807) is 37.3 Å². The molecule has 0 aromatic heterocycles. The van der Waals surface area contributed by atoms with Gasteiger partial charge in [0.1, 0.15) is 0 Å². The maximum Gasteiger partial charge on any atom is 0.312 e. The Bertz CT molecular complexity index is 983. The number of esters is 1. The Morgan fingerprint density at radius 3 is 2.40 bits per heavy atom. The molecule has 0 aliphatic carbocycles. The predicted octanol–water partition coefficient (Wildman–Crippen LogP) is 2.61. The molecule has 1 heterocycles. The first-order valence-electron chi connectivity index (χ1n) is 9.74. The molecule has 0 unspecified atom stereocenters. The molecule has 156 valence electrons. The van der Waals surface area contributed by atoms with Gasteiger partial charge < -0.3 is 4.74 Å². The Labute approximate surface area is 175 Å². The van der Waals surface area contributed by atoms with Crippen LogP contribution in [0.25, 0.3) is 0 Å². The molecular formula is C23H24N2O5. The second kappa shape index (κ2) is 8.90. The van der Waals surface area contributed by atoms with Gasteiger partial charge in [-0.05, 0) is 32.4 Å². The van der Waals surface area contributed by atoms with Crippen LogP contribution in [0.1, 0.15) is 45.2 Å². The van der Waals surface area contributed by atoms with Crippen LogP contribution in [-0.4, -0.2) is 41.2 Å². The molecule has 2 amide bonds. The summed E-state index contributed by atoms with van der Waals surface area (Å²) >= 11 is 0. The molecule has 0 radical (unpaired) electrons. The number of benzene rings is 2. The lowest BCUT2D eigenvalue weighted by Gasteiger charge is -2.19. The Morgan fingerprint density at radius 1 is 1.07 bits per heavy atom. The lowest BCUT2D eigenvalue weighted by atomic mass is 10.1. The number of hydrogen-bond acceptors (Lipinski definition) is 5. The van der Waals surface area contributed by atoms with Crippen molar-refractivity contribution in [1.29, 1.82) is 0 Å². The molecule has 2 aromatic rings. The van der Waals surface area contributed by atoms with Gasteiger partial charge in [-0.15, -0.1) is 0 Å². The van der Waals surface area contributed by atoms with E-state index < -0.39 is 23.9 Å². The molecule has 7 nitrogen and oxygen atoms in total. The molecule has 1 N–H and O–H groups in total. The minimum atomic E-state index is -0.967. The monoisotopic (exact) mass is 408 g/mol. The van der Waals surface area contributed by atoms with E-state index in [0.29, 0.717) is 11.1 Å². The fourth-order valence-electron chi connectivity index (χ4n) is 3.26. The predicted molar refractivity (Wildman–Crippen MR) is 110 cm³/mol. The summed E-state index contributed by atoms with van der Waals surface area (Å²) in [7, 11) is 0. The molecule has 2 aromatic carbocycles. The fourth-order valence-corrected chi connectivity index (χ4v) is 3.26. The van der Waals surface area contributed by atoms with E-state index in [-0.39, 0.29) is 24.7 Å². The van der Waals surface area contributed by atoms with Crippen molar-refractivity contribution in [3.8, 4) is 0 Å². The van der Waals surface area contributed by atoms with Crippen molar-refractivity contribution in [2.45, 2.75) is 33.3 Å². The SMILES string of the molecule is Cc1ccc(C(=O)[C@@H](C)OC(=O)[C@@H]2CC(=O)N(NC(=O)c3ccccc3C)C2)cc1. The van der Waals surface area contributed by atoms with Crippen molar-refractivity contribution in [1.82, 2.24) is 10.4 Å². The first-order valence-corrected chi connectivity index (χ1v) is 9.74. The Morgan fingerprint density at radius 2 is 1.73 bits per heavy atom. The zero-order valence-electron chi connectivity index (χ0n) is 17.2. The summed E-state index contributed by atoms with van der Waals surface area (Å²) in [6, 6.07) is 14.0. The third kappa shape index (κ3) is 4.74. The number of carbonyl (C=O) groups excluding carboxylic acids is 4. The number of hydrogen-bond donors (Lipinski definition) is 1. The van der Waals surface area contributed by atoms with E-state index in [0.717, 1.165) is 16.1 Å². The van der Waals surface area contributed by atoms with Gasteiger partial charge in [0.25, 0.3) is 5.91 Å². The molecule has 2 atom stereocenters. The fraction of sp³-hybridized carbons (Fsp3) is 0.304. The average Bonchev–Trinajstić information content (AvgIpc) is 3.08. The Hall–Kier alpha value is -3.48. The summed E-state index contributed by atoms with van der Waals surface area (Å²) in [6.45, 7) is 5.22. The highest BCUT2D eigenvalue weighted by atomic mass is 16.5. The number of amides is 2. The lowest BCUT2D eigenvalue weighted by Crippen LogP contribution is -2.43. The number of nitrogens with one attached hydrogen (secondary N) is 1.